The summed E-state index contributed by atoms with van der Waals surface area (Å²) >= 11 is 0. The lowest BCUT2D eigenvalue weighted by atomic mass is 10.1. The molecule has 0 N–H and O–H groups in total. The highest BCUT2D eigenvalue weighted by molar-refractivity contribution is 5.84. The molecule has 0 spiro atoms. The summed E-state index contributed by atoms with van der Waals surface area (Å²) in [6, 6.07) is 15.0. The van der Waals surface area contributed by atoms with Crippen molar-refractivity contribution in [3.63, 3.8) is 0 Å². The molecule has 1 aliphatic heterocycles. The first-order valence-electron chi connectivity index (χ1n) is 14.4. The second-order valence-corrected chi connectivity index (χ2v) is 10.9. The van der Waals surface area contributed by atoms with Crippen LogP contribution in [0.4, 0.5) is 15.8 Å². The third kappa shape index (κ3) is 6.30. The lowest BCUT2D eigenvalue weighted by Gasteiger charge is -2.36. The van der Waals surface area contributed by atoms with Crippen LogP contribution >= 0.6 is 0 Å². The van der Waals surface area contributed by atoms with Crippen LogP contribution in [-0.4, -0.2) is 50.1 Å². The Balaban J connectivity index is 0.00000405. The molecule has 0 atom stereocenters. The minimum absolute atomic E-state index is 0. The van der Waals surface area contributed by atoms with E-state index >= 15 is 4.39 Å². The number of aromatic nitrogens is 1. The zero-order valence-corrected chi connectivity index (χ0v) is 27.0. The van der Waals surface area contributed by atoms with Gasteiger partial charge in [0, 0.05) is 85.9 Å². The van der Waals surface area contributed by atoms with Gasteiger partial charge >= 0.3 is 5.63 Å². The van der Waals surface area contributed by atoms with Gasteiger partial charge in [0.15, 0.2) is 0 Å². The van der Waals surface area contributed by atoms with Gasteiger partial charge < -0.3 is 43.1 Å². The number of pyridine rings is 1. The number of hydrogen-bond acceptors (Lipinski definition) is 5. The summed E-state index contributed by atoms with van der Waals surface area (Å²) in [5, 5.41) is 1.65. The Kier molecular flexibility index (Phi) is 9.91. The molecule has 5 rings (SSSR count). The predicted molar refractivity (Wildman–Crippen MR) is 164 cm³/mol. The van der Waals surface area contributed by atoms with E-state index in [1.54, 1.807) is 12.1 Å². The molecule has 9 heteroatoms. The Hall–Kier alpha value is -3.47. The van der Waals surface area contributed by atoms with Gasteiger partial charge in [0.25, 0.3) is 0 Å². The van der Waals surface area contributed by atoms with E-state index in [-0.39, 0.29) is 41.6 Å². The molecule has 222 valence electrons. The molecule has 0 radical (unpaired) electrons. The molecule has 1 aliphatic rings. The fourth-order valence-corrected chi connectivity index (χ4v) is 5.55. The van der Waals surface area contributed by atoms with E-state index < -0.39 is 5.63 Å². The zero-order chi connectivity index (χ0) is 29.3. The summed E-state index contributed by atoms with van der Waals surface area (Å²) < 4.78 is 22.9. The van der Waals surface area contributed by atoms with Crippen molar-refractivity contribution in [1.82, 2.24) is 4.90 Å². The Morgan fingerprint density at radius 1 is 1.00 bits per heavy atom. The number of aryl methyl sites for hydroxylation is 1. The summed E-state index contributed by atoms with van der Waals surface area (Å²) in [7, 11) is 1.93. The van der Waals surface area contributed by atoms with Gasteiger partial charge in [0.05, 0.1) is 11.3 Å². The molecule has 2 aromatic heterocycles. The van der Waals surface area contributed by atoms with Gasteiger partial charge in [-0.3, -0.25) is 4.79 Å². The van der Waals surface area contributed by atoms with Crippen LogP contribution in [0.5, 0.6) is 0 Å². The Morgan fingerprint density at radius 2 is 1.69 bits per heavy atom. The maximum Gasteiger partial charge on any atom is 0.343 e. The van der Waals surface area contributed by atoms with Crippen LogP contribution in [0.1, 0.15) is 39.0 Å². The van der Waals surface area contributed by atoms with Crippen LogP contribution < -0.4 is 44.0 Å². The third-order valence-electron chi connectivity index (χ3n) is 8.01. The van der Waals surface area contributed by atoms with Crippen LogP contribution in [0.3, 0.4) is 0 Å². The number of piperazine rings is 1. The Bertz CT molecular complexity index is 1690. The summed E-state index contributed by atoms with van der Waals surface area (Å²) in [5.74, 6) is -0.186. The van der Waals surface area contributed by atoms with E-state index in [1.165, 1.54) is 0 Å². The maximum atomic E-state index is 15.2. The first-order chi connectivity index (χ1) is 19.7. The van der Waals surface area contributed by atoms with Crippen molar-refractivity contribution >= 4 is 51.3 Å². The average Bonchev–Trinajstić information content (AvgIpc) is 2.97. The molecule has 1 fully saturated rings. The van der Waals surface area contributed by atoms with Crippen molar-refractivity contribution in [2.75, 3.05) is 49.1 Å². The van der Waals surface area contributed by atoms with Gasteiger partial charge in [-0.25, -0.2) is 9.18 Å². The zero-order valence-electron chi connectivity index (χ0n) is 24.9. The van der Waals surface area contributed by atoms with Gasteiger partial charge in [-0.2, -0.15) is 4.57 Å². The number of nitrogens with zero attached hydrogens (tertiary/aromatic N) is 4. The van der Waals surface area contributed by atoms with Crippen LogP contribution in [0.15, 0.2) is 57.7 Å². The molecule has 0 saturated carbocycles. The van der Waals surface area contributed by atoms with Gasteiger partial charge in [-0.1, -0.05) is 13.8 Å². The number of anilines is 2. The molecule has 0 unspecified atom stereocenters. The Morgan fingerprint density at radius 3 is 2.36 bits per heavy atom. The van der Waals surface area contributed by atoms with Gasteiger partial charge in [0.2, 0.25) is 17.1 Å². The van der Waals surface area contributed by atoms with Crippen molar-refractivity contribution in [3.05, 3.63) is 76.0 Å². The number of carbonyl (C=O) groups excluding carboxylic acids is 1. The molecule has 0 aliphatic carbocycles. The smallest absolute Gasteiger partial charge is 0.343 e. The quantitative estimate of drug-likeness (QED) is 0.170. The monoisotopic (exact) mass is 684 g/mol. The molecule has 1 saturated heterocycles. The van der Waals surface area contributed by atoms with Crippen molar-refractivity contribution in [1.29, 1.82) is 0 Å². The number of benzene rings is 2. The Labute approximate surface area is 263 Å². The minimum atomic E-state index is -0.395. The van der Waals surface area contributed by atoms with E-state index in [9.17, 15) is 9.59 Å². The van der Waals surface area contributed by atoms with Crippen LogP contribution in [0.25, 0.3) is 34.0 Å². The molecular weight excluding hydrogens is 646 g/mol. The second-order valence-electron chi connectivity index (χ2n) is 10.9. The lowest BCUT2D eigenvalue weighted by Crippen LogP contribution is -3.00. The summed E-state index contributed by atoms with van der Waals surface area (Å²) in [5.41, 5.74) is 3.92. The fraction of sp³-hybridized carbons (Fsp3) is 0.364. The minimum Gasteiger partial charge on any atom is -1.00 e. The van der Waals surface area contributed by atoms with Gasteiger partial charge in [-0.15, -0.1) is 0 Å². The second kappa shape index (κ2) is 13.2. The van der Waals surface area contributed by atoms with E-state index in [0.717, 1.165) is 40.8 Å². The molecule has 1 amide bonds. The lowest BCUT2D eigenvalue weighted by molar-refractivity contribution is -0.646. The average molecular weight is 685 g/mol. The number of fused-ring (bicyclic) bond motifs is 2. The molecule has 4 aromatic rings. The number of halogens is 2. The number of amides is 1. The third-order valence-corrected chi connectivity index (χ3v) is 8.01. The SMILES string of the molecule is CCN(CC)c1ccc2cc(/C=C/c3ccc4cc(F)c(N5CCN(C(=O)C(C)C)CC5)cc4[n+]3C)c(=O)oc2c1.[I-]. The van der Waals surface area contributed by atoms with Crippen molar-refractivity contribution in [3.8, 4) is 0 Å². The number of hydrogen-bond donors (Lipinski definition) is 0. The topological polar surface area (TPSA) is 60.9 Å². The normalized spacial score (nSPS) is 13.8. The number of rotatable bonds is 7. The maximum absolute atomic E-state index is 15.2. The number of carbonyl (C=O) groups is 1. The standard InChI is InChI=1S/C33H38FN4O3.HI/c1-6-36(7-2)27-13-9-24-18-25(33(40)41-31(24)20-27)10-12-26-11-8-23-19-28(34)30(21-29(23)35(26)5)37-14-16-38(17-15-37)32(39)22(3)4;/h8-13,18-22H,6-7,14-17H2,1-5H3;1H/q+1;/p-1. The highest BCUT2D eigenvalue weighted by Crippen LogP contribution is 2.27. The van der Waals surface area contributed by atoms with E-state index in [0.29, 0.717) is 43.0 Å². The molecule has 3 heterocycles. The van der Waals surface area contributed by atoms with Gasteiger partial charge in [-0.05, 0) is 50.3 Å². The molecule has 7 nitrogen and oxygen atoms in total. The summed E-state index contributed by atoms with van der Waals surface area (Å²) in [6.45, 7) is 12.1. The van der Waals surface area contributed by atoms with Crippen LogP contribution in [0, 0.1) is 11.7 Å². The molecule has 2 aromatic carbocycles. The first-order valence-corrected chi connectivity index (χ1v) is 14.4. The summed E-state index contributed by atoms with van der Waals surface area (Å²) in [4.78, 5) is 31.3. The molecule has 42 heavy (non-hydrogen) atoms. The molecular formula is C33H38FIN4O3. The van der Waals surface area contributed by atoms with Crippen molar-refractivity contribution in [2.45, 2.75) is 27.7 Å². The fourth-order valence-electron chi connectivity index (χ4n) is 5.55. The van der Waals surface area contributed by atoms with Crippen LogP contribution in [0.2, 0.25) is 0 Å². The highest BCUT2D eigenvalue weighted by Gasteiger charge is 2.25. The summed E-state index contributed by atoms with van der Waals surface area (Å²) in [6.07, 6.45) is 3.64. The van der Waals surface area contributed by atoms with Crippen molar-refractivity contribution < 1.29 is 42.1 Å². The predicted octanol–water partition coefficient (Wildman–Crippen LogP) is 2.23. The molecule has 0 bridgehead atoms. The van der Waals surface area contributed by atoms with E-state index in [2.05, 4.69) is 18.7 Å². The van der Waals surface area contributed by atoms with E-state index in [4.69, 9.17) is 4.42 Å². The highest BCUT2D eigenvalue weighted by atomic mass is 127. The van der Waals surface area contributed by atoms with Gasteiger partial charge in [0.1, 0.15) is 18.4 Å². The largest absolute Gasteiger partial charge is 1.00 e. The van der Waals surface area contributed by atoms with Crippen molar-refractivity contribution in [2.24, 2.45) is 13.0 Å². The van der Waals surface area contributed by atoms with Crippen LogP contribution in [-0.2, 0) is 11.8 Å². The first kappa shape index (κ1) is 31.5. The van der Waals surface area contributed by atoms with E-state index in [1.807, 2.05) is 83.8 Å².